The van der Waals surface area contributed by atoms with Crippen molar-refractivity contribution in [1.29, 1.82) is 0 Å². The van der Waals surface area contributed by atoms with Crippen LogP contribution in [0, 0.1) is 0 Å². The SMILES string of the molecule is Cn1nc(S(N)(=O)=O)sc1=NC(=O)Cc1ccc(CO)cc1. The molecule has 1 aromatic carbocycles. The Balaban J connectivity index is 2.21. The van der Waals surface area contributed by atoms with Gasteiger partial charge in [-0.1, -0.05) is 35.6 Å². The zero-order valence-electron chi connectivity index (χ0n) is 11.6. The fourth-order valence-corrected chi connectivity index (χ4v) is 3.19. The summed E-state index contributed by atoms with van der Waals surface area (Å²) in [6.45, 7) is -0.0638. The van der Waals surface area contributed by atoms with Crippen molar-refractivity contribution in [2.24, 2.45) is 17.2 Å². The quantitative estimate of drug-likeness (QED) is 0.759. The number of primary sulfonamides is 1. The number of rotatable bonds is 4. The van der Waals surface area contributed by atoms with Crippen LogP contribution in [0.5, 0.6) is 0 Å². The highest BCUT2D eigenvalue weighted by molar-refractivity contribution is 7.91. The molecule has 2 rings (SSSR count). The summed E-state index contributed by atoms with van der Waals surface area (Å²) in [5.41, 5.74) is 1.49. The van der Waals surface area contributed by atoms with Gasteiger partial charge in [-0.2, -0.15) is 4.99 Å². The number of nitrogens with zero attached hydrogens (tertiary/aromatic N) is 3. The van der Waals surface area contributed by atoms with Gasteiger partial charge in [0, 0.05) is 7.05 Å². The first-order chi connectivity index (χ1) is 10.3. The van der Waals surface area contributed by atoms with Crippen LogP contribution >= 0.6 is 11.3 Å². The predicted octanol–water partition coefficient (Wildman–Crippen LogP) is -0.709. The third-order valence-electron chi connectivity index (χ3n) is 2.71. The van der Waals surface area contributed by atoms with Crippen LogP contribution in [0.25, 0.3) is 0 Å². The molecule has 0 aliphatic rings. The summed E-state index contributed by atoms with van der Waals surface area (Å²) < 4.78 is 23.3. The minimum absolute atomic E-state index is 0.0638. The van der Waals surface area contributed by atoms with Crippen molar-refractivity contribution in [1.82, 2.24) is 9.78 Å². The number of sulfonamides is 1. The van der Waals surface area contributed by atoms with Gasteiger partial charge in [-0.25, -0.2) is 18.2 Å². The van der Waals surface area contributed by atoms with Crippen LogP contribution in [0.1, 0.15) is 11.1 Å². The van der Waals surface area contributed by atoms with Gasteiger partial charge in [-0.15, -0.1) is 5.10 Å². The number of carbonyl (C=O) groups is 1. The number of aromatic nitrogens is 2. The highest BCUT2D eigenvalue weighted by atomic mass is 32.2. The largest absolute Gasteiger partial charge is 0.392 e. The maximum atomic E-state index is 11.9. The van der Waals surface area contributed by atoms with Gasteiger partial charge in [-0.3, -0.25) is 4.79 Å². The van der Waals surface area contributed by atoms with E-state index in [1.54, 1.807) is 24.3 Å². The maximum Gasteiger partial charge on any atom is 0.267 e. The lowest BCUT2D eigenvalue weighted by Crippen LogP contribution is -2.15. The zero-order chi connectivity index (χ0) is 16.3. The molecule has 0 saturated carbocycles. The number of hydrogen-bond donors (Lipinski definition) is 2. The lowest BCUT2D eigenvalue weighted by atomic mass is 10.1. The molecular formula is C12H14N4O4S2. The van der Waals surface area contributed by atoms with Gasteiger partial charge in [0.15, 0.2) is 0 Å². The van der Waals surface area contributed by atoms with Crippen LogP contribution in [0.3, 0.4) is 0 Å². The molecule has 1 aromatic heterocycles. The van der Waals surface area contributed by atoms with E-state index < -0.39 is 15.9 Å². The average Bonchev–Trinajstić information content (AvgIpc) is 2.81. The van der Waals surface area contributed by atoms with E-state index >= 15 is 0 Å². The molecule has 0 unspecified atom stereocenters. The predicted molar refractivity (Wildman–Crippen MR) is 79.1 cm³/mol. The smallest absolute Gasteiger partial charge is 0.267 e. The molecule has 0 spiro atoms. The van der Waals surface area contributed by atoms with E-state index in [4.69, 9.17) is 10.2 Å². The number of benzene rings is 1. The molecule has 0 atom stereocenters. The summed E-state index contributed by atoms with van der Waals surface area (Å²) >= 11 is 0.730. The monoisotopic (exact) mass is 342 g/mol. The molecule has 0 saturated heterocycles. The number of amides is 1. The second-order valence-electron chi connectivity index (χ2n) is 4.48. The van der Waals surface area contributed by atoms with Gasteiger partial charge in [0.2, 0.25) is 9.14 Å². The van der Waals surface area contributed by atoms with Gasteiger partial charge < -0.3 is 5.11 Å². The Morgan fingerprint density at radius 2 is 1.95 bits per heavy atom. The molecule has 10 heteroatoms. The molecule has 1 heterocycles. The average molecular weight is 342 g/mol. The lowest BCUT2D eigenvalue weighted by molar-refractivity contribution is -0.117. The Morgan fingerprint density at radius 1 is 1.36 bits per heavy atom. The van der Waals surface area contributed by atoms with Crippen LogP contribution < -0.4 is 9.94 Å². The minimum Gasteiger partial charge on any atom is -0.392 e. The third-order valence-corrected chi connectivity index (χ3v) is 5.02. The van der Waals surface area contributed by atoms with Gasteiger partial charge in [0.25, 0.3) is 15.9 Å². The summed E-state index contributed by atoms with van der Waals surface area (Å²) in [5.74, 6) is -0.433. The normalized spacial score (nSPS) is 12.6. The molecule has 0 bridgehead atoms. The van der Waals surface area contributed by atoms with E-state index in [1.165, 1.54) is 11.7 Å². The molecular weight excluding hydrogens is 328 g/mol. The van der Waals surface area contributed by atoms with E-state index in [9.17, 15) is 13.2 Å². The second kappa shape index (κ2) is 6.48. The van der Waals surface area contributed by atoms with Crippen molar-refractivity contribution in [2.45, 2.75) is 17.4 Å². The topological polar surface area (TPSA) is 128 Å². The number of hydrogen-bond acceptors (Lipinski definition) is 6. The number of carbonyl (C=O) groups excluding carboxylic acids is 1. The summed E-state index contributed by atoms with van der Waals surface area (Å²) in [5, 5.41) is 17.6. The van der Waals surface area contributed by atoms with Gasteiger partial charge >= 0.3 is 0 Å². The standard InChI is InChI=1S/C12H14N4O4S2/c1-16-11(21-12(15-16)22(13,19)20)14-10(18)6-8-2-4-9(7-17)5-3-8/h2-5,17H,6-7H2,1H3,(H2,13,19,20). The molecule has 22 heavy (non-hydrogen) atoms. The van der Waals surface area contributed by atoms with Gasteiger partial charge in [-0.05, 0) is 11.1 Å². The molecule has 3 N–H and O–H groups in total. The fourth-order valence-electron chi connectivity index (χ4n) is 1.62. The summed E-state index contributed by atoms with van der Waals surface area (Å²) in [6, 6.07) is 6.88. The minimum atomic E-state index is -3.92. The Bertz CT molecular complexity index is 850. The van der Waals surface area contributed by atoms with Crippen LogP contribution in [-0.4, -0.2) is 29.2 Å². The highest BCUT2D eigenvalue weighted by Crippen LogP contribution is 2.07. The van der Waals surface area contributed by atoms with Crippen molar-refractivity contribution in [3.63, 3.8) is 0 Å². The molecule has 118 valence electrons. The van der Waals surface area contributed by atoms with Gasteiger partial charge in [0.1, 0.15) is 0 Å². The van der Waals surface area contributed by atoms with Crippen molar-refractivity contribution >= 4 is 27.3 Å². The van der Waals surface area contributed by atoms with E-state index in [2.05, 4.69) is 10.1 Å². The molecule has 8 nitrogen and oxygen atoms in total. The van der Waals surface area contributed by atoms with Crippen molar-refractivity contribution in [3.05, 3.63) is 40.2 Å². The maximum absolute atomic E-state index is 11.9. The Kier molecular flexibility index (Phi) is 4.86. The molecule has 1 amide bonds. The summed E-state index contributed by atoms with van der Waals surface area (Å²) in [4.78, 5) is 15.9. The Labute approximate surface area is 130 Å². The van der Waals surface area contributed by atoms with Crippen molar-refractivity contribution in [3.8, 4) is 0 Å². The van der Waals surface area contributed by atoms with Crippen LogP contribution in [-0.2, 0) is 34.9 Å². The van der Waals surface area contributed by atoms with Crippen molar-refractivity contribution in [2.75, 3.05) is 0 Å². The van der Waals surface area contributed by atoms with Crippen LogP contribution in [0.2, 0.25) is 0 Å². The first kappa shape index (κ1) is 16.5. The number of aliphatic hydroxyl groups excluding tert-OH is 1. The molecule has 0 aliphatic carbocycles. The van der Waals surface area contributed by atoms with E-state index in [1.807, 2.05) is 0 Å². The first-order valence-corrected chi connectivity index (χ1v) is 8.49. The number of aliphatic hydroxyl groups is 1. The van der Waals surface area contributed by atoms with E-state index in [0.717, 1.165) is 22.5 Å². The number of aryl methyl sites for hydroxylation is 1. The number of nitrogens with two attached hydrogens (primary N) is 1. The van der Waals surface area contributed by atoms with Crippen LogP contribution in [0.15, 0.2) is 33.6 Å². The third kappa shape index (κ3) is 4.07. The molecule has 0 fully saturated rings. The molecule has 0 radical (unpaired) electrons. The van der Waals surface area contributed by atoms with Crippen LogP contribution in [0.4, 0.5) is 0 Å². The van der Waals surface area contributed by atoms with E-state index in [0.29, 0.717) is 0 Å². The van der Waals surface area contributed by atoms with E-state index in [-0.39, 0.29) is 22.2 Å². The highest BCUT2D eigenvalue weighted by Gasteiger charge is 2.14. The van der Waals surface area contributed by atoms with Gasteiger partial charge in [0.05, 0.1) is 13.0 Å². The summed E-state index contributed by atoms with van der Waals surface area (Å²) in [7, 11) is -2.44. The Morgan fingerprint density at radius 3 is 2.45 bits per heavy atom. The summed E-state index contributed by atoms with van der Waals surface area (Å²) in [6.07, 6.45) is 0.0638. The van der Waals surface area contributed by atoms with Crippen molar-refractivity contribution < 1.29 is 18.3 Å². The zero-order valence-corrected chi connectivity index (χ0v) is 13.3. The molecule has 0 aliphatic heterocycles. The first-order valence-electron chi connectivity index (χ1n) is 6.13. The lowest BCUT2D eigenvalue weighted by Gasteiger charge is -1.99. The second-order valence-corrected chi connectivity index (χ2v) is 7.17. The molecule has 2 aromatic rings. The fraction of sp³-hybridized carbons (Fsp3) is 0.250. The Hall–Kier alpha value is -1.88.